The number of amides is 1. The molecule has 0 unspecified atom stereocenters. The molecule has 3 aromatic rings. The van der Waals surface area contributed by atoms with Crippen LogP contribution in [0.15, 0.2) is 53.5 Å². The Morgan fingerprint density at radius 2 is 1.59 bits per heavy atom. The molecule has 0 N–H and O–H groups in total. The summed E-state index contributed by atoms with van der Waals surface area (Å²) in [6.07, 6.45) is 1.96. The number of hydrogen-bond acceptors (Lipinski definition) is 2. The molecule has 1 amide bonds. The van der Waals surface area contributed by atoms with Crippen LogP contribution in [0, 0.1) is 0 Å². The van der Waals surface area contributed by atoms with Crippen molar-refractivity contribution in [2.75, 3.05) is 0 Å². The summed E-state index contributed by atoms with van der Waals surface area (Å²) in [6, 6.07) is 14.6. The standard InChI is InChI=1S/C21H20Cl2N2OS/c1-3-5-18-19(14-6-10-16(22)11-7-14)25(4-2)21(27-18)24-20(26)15-8-12-17(23)13-9-15/h6-13H,3-5H2,1-2H3. The Balaban J connectivity index is 2.13. The summed E-state index contributed by atoms with van der Waals surface area (Å²) in [5.41, 5.74) is 2.73. The zero-order chi connectivity index (χ0) is 19.4. The molecule has 2 aromatic carbocycles. The number of carbonyl (C=O) groups excluding carboxylic acids is 1. The summed E-state index contributed by atoms with van der Waals surface area (Å²) in [4.78, 5) is 19.0. The highest BCUT2D eigenvalue weighted by molar-refractivity contribution is 7.09. The first-order valence-electron chi connectivity index (χ1n) is 8.86. The number of carbonyl (C=O) groups is 1. The third kappa shape index (κ3) is 4.52. The Bertz CT molecular complexity index is 1000. The summed E-state index contributed by atoms with van der Waals surface area (Å²) in [7, 11) is 0. The van der Waals surface area contributed by atoms with E-state index in [0.717, 1.165) is 30.6 Å². The fraction of sp³-hybridized carbons (Fsp3) is 0.238. The maximum Gasteiger partial charge on any atom is 0.279 e. The summed E-state index contributed by atoms with van der Waals surface area (Å²) in [5.74, 6) is -0.263. The highest BCUT2D eigenvalue weighted by Gasteiger charge is 2.15. The number of aromatic nitrogens is 1. The van der Waals surface area contributed by atoms with E-state index in [1.54, 1.807) is 35.6 Å². The zero-order valence-corrected chi connectivity index (χ0v) is 17.5. The molecule has 3 rings (SSSR count). The maximum atomic E-state index is 12.6. The van der Waals surface area contributed by atoms with Gasteiger partial charge in [0.25, 0.3) is 5.91 Å². The van der Waals surface area contributed by atoms with Gasteiger partial charge < -0.3 is 4.57 Å². The van der Waals surface area contributed by atoms with Crippen molar-refractivity contribution < 1.29 is 4.79 Å². The predicted octanol–water partition coefficient (Wildman–Crippen LogP) is 6.24. The summed E-state index contributed by atoms with van der Waals surface area (Å²) in [5, 5.41) is 1.30. The zero-order valence-electron chi connectivity index (χ0n) is 15.2. The number of rotatable bonds is 5. The molecule has 140 valence electrons. The van der Waals surface area contributed by atoms with Gasteiger partial charge in [0, 0.05) is 27.0 Å². The lowest BCUT2D eigenvalue weighted by Crippen LogP contribution is -2.17. The van der Waals surface area contributed by atoms with Crippen molar-refractivity contribution >= 4 is 40.4 Å². The Morgan fingerprint density at radius 1 is 1.00 bits per heavy atom. The molecule has 6 heteroatoms. The molecule has 0 fully saturated rings. The van der Waals surface area contributed by atoms with Crippen LogP contribution in [0.4, 0.5) is 0 Å². The lowest BCUT2D eigenvalue weighted by atomic mass is 10.1. The molecule has 0 aliphatic heterocycles. The molecule has 0 saturated heterocycles. The van der Waals surface area contributed by atoms with Gasteiger partial charge in [-0.2, -0.15) is 4.99 Å². The van der Waals surface area contributed by atoms with Gasteiger partial charge in [-0.15, -0.1) is 11.3 Å². The van der Waals surface area contributed by atoms with E-state index in [-0.39, 0.29) is 5.91 Å². The van der Waals surface area contributed by atoms with Crippen LogP contribution in [0.2, 0.25) is 10.0 Å². The second kappa shape index (κ2) is 8.87. The molecule has 0 spiro atoms. The van der Waals surface area contributed by atoms with Crippen LogP contribution in [-0.4, -0.2) is 10.5 Å². The van der Waals surface area contributed by atoms with Crippen LogP contribution in [0.25, 0.3) is 11.3 Å². The topological polar surface area (TPSA) is 34.4 Å². The monoisotopic (exact) mass is 418 g/mol. The number of hydrogen-bond donors (Lipinski definition) is 0. The van der Waals surface area contributed by atoms with Gasteiger partial charge in [0.05, 0.1) is 5.69 Å². The van der Waals surface area contributed by atoms with Gasteiger partial charge in [-0.3, -0.25) is 4.79 Å². The van der Waals surface area contributed by atoms with E-state index >= 15 is 0 Å². The van der Waals surface area contributed by atoms with Crippen molar-refractivity contribution in [3.63, 3.8) is 0 Å². The van der Waals surface area contributed by atoms with Gasteiger partial charge in [0.15, 0.2) is 4.80 Å². The van der Waals surface area contributed by atoms with Gasteiger partial charge in [0.1, 0.15) is 0 Å². The minimum absolute atomic E-state index is 0.263. The van der Waals surface area contributed by atoms with E-state index < -0.39 is 0 Å². The highest BCUT2D eigenvalue weighted by Crippen LogP contribution is 2.28. The minimum Gasteiger partial charge on any atom is -0.316 e. The molecule has 1 aromatic heterocycles. The summed E-state index contributed by atoms with van der Waals surface area (Å²) in [6.45, 7) is 4.94. The minimum atomic E-state index is -0.263. The second-order valence-electron chi connectivity index (χ2n) is 6.08. The summed E-state index contributed by atoms with van der Waals surface area (Å²) < 4.78 is 2.10. The first-order valence-corrected chi connectivity index (χ1v) is 10.4. The quantitative estimate of drug-likeness (QED) is 0.482. The number of halogens is 2. The number of aryl methyl sites for hydroxylation is 1. The van der Waals surface area contributed by atoms with Crippen molar-refractivity contribution in [1.29, 1.82) is 0 Å². The fourth-order valence-electron chi connectivity index (χ4n) is 2.90. The van der Waals surface area contributed by atoms with Crippen LogP contribution in [0.1, 0.15) is 35.5 Å². The molecule has 27 heavy (non-hydrogen) atoms. The lowest BCUT2D eigenvalue weighted by molar-refractivity contribution is 0.0998. The smallest absolute Gasteiger partial charge is 0.279 e. The third-order valence-electron chi connectivity index (χ3n) is 4.18. The molecule has 3 nitrogen and oxygen atoms in total. The van der Waals surface area contributed by atoms with E-state index in [9.17, 15) is 4.79 Å². The van der Waals surface area contributed by atoms with Crippen LogP contribution < -0.4 is 4.80 Å². The first-order chi connectivity index (χ1) is 13.0. The number of thiazole rings is 1. The Kier molecular flexibility index (Phi) is 6.53. The van der Waals surface area contributed by atoms with Gasteiger partial charge >= 0.3 is 0 Å². The van der Waals surface area contributed by atoms with Gasteiger partial charge in [-0.25, -0.2) is 0 Å². The maximum absolute atomic E-state index is 12.6. The van der Waals surface area contributed by atoms with Crippen LogP contribution in [-0.2, 0) is 13.0 Å². The van der Waals surface area contributed by atoms with Crippen molar-refractivity contribution in [3.05, 3.63) is 73.8 Å². The number of benzene rings is 2. The molecule has 0 saturated carbocycles. The van der Waals surface area contributed by atoms with E-state index in [2.05, 4.69) is 23.4 Å². The largest absolute Gasteiger partial charge is 0.316 e. The molecule has 0 aliphatic rings. The van der Waals surface area contributed by atoms with E-state index in [0.29, 0.717) is 20.4 Å². The predicted molar refractivity (Wildman–Crippen MR) is 114 cm³/mol. The van der Waals surface area contributed by atoms with Crippen LogP contribution >= 0.6 is 34.5 Å². The van der Waals surface area contributed by atoms with Crippen molar-refractivity contribution in [3.8, 4) is 11.3 Å². The normalized spacial score (nSPS) is 11.8. The Hall–Kier alpha value is -1.88. The van der Waals surface area contributed by atoms with Crippen molar-refractivity contribution in [2.45, 2.75) is 33.2 Å². The van der Waals surface area contributed by atoms with Gasteiger partial charge in [0.2, 0.25) is 0 Å². The Morgan fingerprint density at radius 3 is 2.15 bits per heavy atom. The van der Waals surface area contributed by atoms with Crippen LogP contribution in [0.5, 0.6) is 0 Å². The average molecular weight is 419 g/mol. The first kappa shape index (κ1) is 19.9. The van der Waals surface area contributed by atoms with Gasteiger partial charge in [-0.05, 0) is 55.3 Å². The van der Waals surface area contributed by atoms with Gasteiger partial charge in [-0.1, -0.05) is 48.7 Å². The van der Waals surface area contributed by atoms with Crippen molar-refractivity contribution in [2.24, 2.45) is 4.99 Å². The van der Waals surface area contributed by atoms with E-state index in [1.807, 2.05) is 24.3 Å². The van der Waals surface area contributed by atoms with E-state index in [1.165, 1.54) is 4.88 Å². The summed E-state index contributed by atoms with van der Waals surface area (Å²) >= 11 is 13.5. The third-order valence-corrected chi connectivity index (χ3v) is 5.82. The molecule has 1 heterocycles. The molecule has 0 atom stereocenters. The molecule has 0 bridgehead atoms. The van der Waals surface area contributed by atoms with E-state index in [4.69, 9.17) is 23.2 Å². The Labute approximate surface area is 172 Å². The van der Waals surface area contributed by atoms with Crippen LogP contribution in [0.3, 0.4) is 0 Å². The number of nitrogens with zero attached hydrogens (tertiary/aromatic N) is 2. The fourth-order valence-corrected chi connectivity index (χ4v) is 4.46. The highest BCUT2D eigenvalue weighted by atomic mass is 35.5. The SMILES string of the molecule is CCCc1sc(=NC(=O)c2ccc(Cl)cc2)n(CC)c1-c1ccc(Cl)cc1. The second-order valence-corrected chi connectivity index (χ2v) is 8.02. The average Bonchev–Trinajstić information content (AvgIpc) is 3.00. The van der Waals surface area contributed by atoms with Crippen molar-refractivity contribution in [1.82, 2.24) is 4.57 Å². The molecular weight excluding hydrogens is 399 g/mol. The molecule has 0 aliphatic carbocycles. The lowest BCUT2D eigenvalue weighted by Gasteiger charge is -2.09. The molecular formula is C21H20Cl2N2OS. The molecule has 0 radical (unpaired) electrons.